The molecule has 0 spiro atoms. The molecule has 0 aromatic rings. The summed E-state index contributed by atoms with van der Waals surface area (Å²) in [5.74, 6) is 0. The van der Waals surface area contributed by atoms with Crippen LogP contribution >= 0.6 is 11.8 Å². The predicted molar refractivity (Wildman–Crippen MR) is 37.9 cm³/mol. The Morgan fingerprint density at radius 1 is 0.875 bits per heavy atom. The monoisotopic (exact) mass is 181 g/mol. The van der Waals surface area contributed by atoms with Crippen molar-refractivity contribution in [2.75, 3.05) is 0 Å². The minimum atomic E-state index is 0. The molecule has 8 heavy (non-hydrogen) atoms. The largest absolute Gasteiger partial charge is 1.00 e. The first kappa shape index (κ1) is 11.6. The van der Waals surface area contributed by atoms with E-state index in [4.69, 9.17) is 0 Å². The van der Waals surface area contributed by atoms with Gasteiger partial charge < -0.3 is 0 Å². The maximum atomic E-state index is 2.23. The summed E-state index contributed by atoms with van der Waals surface area (Å²) in [4.78, 5) is 0. The van der Waals surface area contributed by atoms with E-state index in [9.17, 15) is 0 Å². The van der Waals surface area contributed by atoms with Crippen molar-refractivity contribution >= 4 is 11.8 Å². The molecule has 0 rings (SSSR count). The van der Waals surface area contributed by atoms with Gasteiger partial charge in [-0.1, -0.05) is 27.7 Å². The van der Waals surface area contributed by atoms with Crippen molar-refractivity contribution in [2.45, 2.75) is 38.2 Å². The summed E-state index contributed by atoms with van der Waals surface area (Å²) >= 11 is 2.01. The van der Waals surface area contributed by atoms with Gasteiger partial charge in [0.2, 0.25) is 0 Å². The van der Waals surface area contributed by atoms with Crippen LogP contribution in [-0.2, 0) is 17.1 Å². The first-order valence-electron chi connectivity index (χ1n) is 2.78. The normalized spacial score (nSPS) is 9.75. The van der Waals surface area contributed by atoms with Crippen LogP contribution in [0.2, 0.25) is 0 Å². The van der Waals surface area contributed by atoms with Crippen molar-refractivity contribution in [3.63, 3.8) is 0 Å². The summed E-state index contributed by atoms with van der Waals surface area (Å²) in [6, 6.07) is 0. The zero-order chi connectivity index (χ0) is 5.86. The summed E-state index contributed by atoms with van der Waals surface area (Å²) < 4.78 is 0. The summed E-state index contributed by atoms with van der Waals surface area (Å²) in [7, 11) is 0. The summed E-state index contributed by atoms with van der Waals surface area (Å²) in [5.41, 5.74) is 0. The Kier molecular flexibility index (Phi) is 8.72. The Balaban J connectivity index is 0. The molecule has 0 atom stereocenters. The van der Waals surface area contributed by atoms with Crippen molar-refractivity contribution in [1.82, 2.24) is 0 Å². The molecule has 54 valence electrons. The van der Waals surface area contributed by atoms with Crippen molar-refractivity contribution in [2.24, 2.45) is 0 Å². The molecule has 2 heteroatoms. The second-order valence-electron chi connectivity index (χ2n) is 2.23. The van der Waals surface area contributed by atoms with Gasteiger partial charge >= 0.3 is 17.1 Å². The zero-order valence-corrected chi connectivity index (χ0v) is 7.62. The maximum Gasteiger partial charge on any atom is 1.00 e. The quantitative estimate of drug-likeness (QED) is 0.591. The van der Waals surface area contributed by atoms with Crippen molar-refractivity contribution in [3.05, 3.63) is 0 Å². The molecule has 0 fully saturated rings. The van der Waals surface area contributed by atoms with Gasteiger partial charge in [0.1, 0.15) is 0 Å². The number of hydrogen-bond acceptors (Lipinski definition) is 1. The Bertz CT molecular complexity index is 37.8. The molecule has 0 heterocycles. The molecule has 0 aliphatic heterocycles. The molecule has 0 saturated carbocycles. The smallest absolute Gasteiger partial charge is 0.156 e. The van der Waals surface area contributed by atoms with Crippen molar-refractivity contribution < 1.29 is 17.1 Å². The minimum absolute atomic E-state index is 0. The van der Waals surface area contributed by atoms with Gasteiger partial charge in [-0.05, 0) is 10.5 Å². The number of thioether (sulfide) groups is 1. The van der Waals surface area contributed by atoms with Gasteiger partial charge in [-0.2, -0.15) is 11.8 Å². The Morgan fingerprint density at radius 3 is 1.12 bits per heavy atom. The Morgan fingerprint density at radius 2 is 1.12 bits per heavy atom. The van der Waals surface area contributed by atoms with E-state index in [0.29, 0.717) is 0 Å². The fourth-order valence-corrected chi connectivity index (χ4v) is 1.63. The molecule has 0 aromatic heterocycles. The van der Waals surface area contributed by atoms with Crippen LogP contribution in [0.4, 0.5) is 0 Å². The van der Waals surface area contributed by atoms with E-state index in [-0.39, 0.29) is 17.1 Å². The summed E-state index contributed by atoms with van der Waals surface area (Å²) in [6.07, 6.45) is 0. The minimum Gasteiger partial charge on any atom is -0.156 e. The number of rotatable bonds is 2. The predicted octanol–water partition coefficient (Wildman–Crippen LogP) is 2.53. The van der Waals surface area contributed by atoms with Crippen LogP contribution in [0.25, 0.3) is 0 Å². The molecule has 0 amide bonds. The van der Waals surface area contributed by atoms with Gasteiger partial charge in [-0.15, -0.1) is 0 Å². The summed E-state index contributed by atoms with van der Waals surface area (Å²) in [5, 5.41) is 1.58. The van der Waals surface area contributed by atoms with Crippen LogP contribution in [0.5, 0.6) is 0 Å². The molecular weight excluding hydrogens is 168 g/mol. The third-order valence-corrected chi connectivity index (χ3v) is 1.63. The third kappa shape index (κ3) is 9.98. The Labute approximate surface area is 67.3 Å². The fraction of sp³-hybridized carbons (Fsp3) is 1.00. The standard InChI is InChI=1S/C6H14S.Cu/c1-5(2)7-6(3)4;/h5-6H,1-4H3;/q;+1. The third-order valence-electron chi connectivity index (χ3n) is 0.544. The SMILES string of the molecule is CC(C)SC(C)C.[Cu+]. The van der Waals surface area contributed by atoms with Gasteiger partial charge in [0.25, 0.3) is 0 Å². The fourth-order valence-electron chi connectivity index (χ4n) is 0.544. The molecule has 0 N–H and O–H groups in total. The van der Waals surface area contributed by atoms with Crippen LogP contribution in [0.15, 0.2) is 0 Å². The topological polar surface area (TPSA) is 0 Å². The van der Waals surface area contributed by atoms with Gasteiger partial charge in [0, 0.05) is 0 Å². The first-order valence-corrected chi connectivity index (χ1v) is 3.72. The maximum absolute atomic E-state index is 2.23. The molecule has 0 aliphatic rings. The second kappa shape index (κ2) is 6.00. The van der Waals surface area contributed by atoms with Gasteiger partial charge in [-0.25, -0.2) is 0 Å². The van der Waals surface area contributed by atoms with E-state index in [1.165, 1.54) is 0 Å². The van der Waals surface area contributed by atoms with Crippen molar-refractivity contribution in [1.29, 1.82) is 0 Å². The average molecular weight is 182 g/mol. The molecule has 0 saturated heterocycles. The van der Waals surface area contributed by atoms with Crippen LogP contribution in [0, 0.1) is 0 Å². The molecule has 0 nitrogen and oxygen atoms in total. The van der Waals surface area contributed by atoms with E-state index in [2.05, 4.69) is 27.7 Å². The van der Waals surface area contributed by atoms with Gasteiger partial charge in [-0.3, -0.25) is 0 Å². The Hall–Kier alpha value is 0.869. The molecular formula is C6H14CuS+. The van der Waals surface area contributed by atoms with E-state index < -0.39 is 0 Å². The van der Waals surface area contributed by atoms with Crippen LogP contribution in [0.3, 0.4) is 0 Å². The van der Waals surface area contributed by atoms with Crippen molar-refractivity contribution in [3.8, 4) is 0 Å². The summed E-state index contributed by atoms with van der Waals surface area (Å²) in [6.45, 7) is 8.91. The van der Waals surface area contributed by atoms with E-state index in [1.807, 2.05) is 11.8 Å². The second-order valence-corrected chi connectivity index (χ2v) is 4.39. The molecule has 0 unspecified atom stereocenters. The van der Waals surface area contributed by atoms with E-state index in [0.717, 1.165) is 10.5 Å². The number of hydrogen-bond donors (Lipinski definition) is 0. The van der Waals surface area contributed by atoms with Crippen LogP contribution in [0.1, 0.15) is 27.7 Å². The molecule has 0 aliphatic carbocycles. The van der Waals surface area contributed by atoms with Crippen LogP contribution in [-0.4, -0.2) is 10.5 Å². The van der Waals surface area contributed by atoms with Gasteiger partial charge in [0.05, 0.1) is 0 Å². The first-order chi connectivity index (χ1) is 3.13. The van der Waals surface area contributed by atoms with E-state index >= 15 is 0 Å². The van der Waals surface area contributed by atoms with Crippen LogP contribution < -0.4 is 0 Å². The average Bonchev–Trinajstić information content (AvgIpc) is 1.27. The zero-order valence-electron chi connectivity index (χ0n) is 5.86. The molecule has 0 radical (unpaired) electrons. The van der Waals surface area contributed by atoms with E-state index in [1.54, 1.807) is 0 Å². The molecule has 0 bridgehead atoms. The van der Waals surface area contributed by atoms with Gasteiger partial charge in [0.15, 0.2) is 0 Å². The molecule has 0 aromatic carbocycles.